The van der Waals surface area contributed by atoms with Gasteiger partial charge in [0, 0.05) is 25.2 Å². The van der Waals surface area contributed by atoms with Crippen molar-refractivity contribution in [2.45, 2.75) is 123 Å². The minimum Gasteiger partial charge on any atom is -0.412 e. The molecule has 1 aliphatic carbocycles. The van der Waals surface area contributed by atoms with E-state index in [0.29, 0.717) is 0 Å². The van der Waals surface area contributed by atoms with E-state index in [1.807, 2.05) is 0 Å². The summed E-state index contributed by atoms with van der Waals surface area (Å²) in [6, 6.07) is -4.18. The van der Waals surface area contributed by atoms with Crippen molar-refractivity contribution in [3.05, 3.63) is 0 Å². The zero-order chi connectivity index (χ0) is 44.5. The van der Waals surface area contributed by atoms with Gasteiger partial charge in [0.25, 0.3) is 0 Å². The van der Waals surface area contributed by atoms with Gasteiger partial charge in [-0.3, -0.25) is 27.3 Å². The molecule has 60 heavy (non-hydrogen) atoms. The highest BCUT2D eigenvalue weighted by Gasteiger charge is 2.54. The zero-order valence-corrected chi connectivity index (χ0v) is 33.1. The Morgan fingerprint density at radius 1 is 0.467 bits per heavy atom. The summed E-state index contributed by atoms with van der Waals surface area (Å²) in [4.78, 5) is 0. The number of aliphatic hydroxyl groups is 7. The summed E-state index contributed by atoms with van der Waals surface area (Å²) in [5.41, 5.74) is 35.6. The van der Waals surface area contributed by atoms with Gasteiger partial charge in [-0.2, -0.15) is 25.3 Å². The SMILES string of the molecule is NC[C@@H]1O[C@@H](O[C@H]2[C@@H](O)[C@H](OC3[C@@H](O)C(N)C[C@H](N)[C@@H]3OC3O[C@H](CN)C(O)[C@H](O)[C@H]3N)O[C@@H]2CO)[C@H](N)[C@@H](O)C1O.O.O.O.O=S(=O)(O)O.O=S(=O)(O)O.O=S(=O)(O)O. The minimum atomic E-state index is -4.67. The molecule has 0 aromatic heterocycles. The molecule has 37 heteroatoms. The van der Waals surface area contributed by atoms with Gasteiger partial charge >= 0.3 is 31.2 Å². The lowest BCUT2D eigenvalue weighted by atomic mass is 9.84. The molecule has 4 fully saturated rings. The molecule has 19 atom stereocenters. The Balaban J connectivity index is -0.00000155. The summed E-state index contributed by atoms with van der Waals surface area (Å²) in [6.45, 7) is -0.967. The van der Waals surface area contributed by atoms with Crippen molar-refractivity contribution < 1.29 is 133 Å². The van der Waals surface area contributed by atoms with Gasteiger partial charge in [-0.25, -0.2) is 0 Å². The van der Waals surface area contributed by atoms with E-state index in [0.717, 1.165) is 0 Å². The molecule has 4 rings (SSSR count). The first-order valence-corrected chi connectivity index (χ1v) is 20.2. The standard InChI is InChI=1S/C23H46N6O13.3H2O4S.3H2O/c24-2-7-13(32)15(34)10(28)21(37-7)40-18-6(27)1-5(26)12(31)20(18)42-23-17(36)19(9(4-30)39-23)41-22-11(29)16(35)14(33)8(3-25)38-22;3*1-5(2,3)4;;;/h5-23,30-36H,1-4,24-29H2;3*(H2,1,2,3,4);3*1H2/t5?,6-,7+,8-,9+,10+,11+,12-,13?,14?,15+,16+,17+,18-,19+,20?,21?,22-,23-;;;;;;/m0....../s1. The number of rotatable bonds is 9. The van der Waals surface area contributed by atoms with Gasteiger partial charge in [-0.05, 0) is 6.42 Å². The molecule has 0 aromatic rings. The maximum absolute atomic E-state index is 11.1. The predicted molar refractivity (Wildman–Crippen MR) is 192 cm³/mol. The van der Waals surface area contributed by atoms with Crippen LogP contribution in [0, 0.1) is 0 Å². The Hall–Kier alpha value is -1.27. The molecule has 0 bridgehead atoms. The number of ether oxygens (including phenoxy) is 6. The summed E-state index contributed by atoms with van der Waals surface area (Å²) in [7, 11) is -14.0. The van der Waals surface area contributed by atoms with Crippen LogP contribution in [0.4, 0.5) is 0 Å². The second kappa shape index (κ2) is 26.5. The van der Waals surface area contributed by atoms with Crippen LogP contribution in [0.3, 0.4) is 0 Å². The molecule has 0 amide bonds. The van der Waals surface area contributed by atoms with Crippen molar-refractivity contribution in [3.63, 3.8) is 0 Å². The van der Waals surface area contributed by atoms with Gasteiger partial charge in [0.2, 0.25) is 0 Å². The fourth-order valence-corrected chi connectivity index (χ4v) is 5.74. The summed E-state index contributed by atoms with van der Waals surface area (Å²) >= 11 is 0. The lowest BCUT2D eigenvalue weighted by molar-refractivity contribution is -0.306. The zero-order valence-electron chi connectivity index (χ0n) is 30.7. The molecule has 3 saturated heterocycles. The Kier molecular flexibility index (Phi) is 27.8. The highest BCUT2D eigenvalue weighted by atomic mass is 32.3. The largest absolute Gasteiger partial charge is 0.412 e. The van der Waals surface area contributed by atoms with Crippen molar-refractivity contribution >= 4 is 31.2 Å². The smallest absolute Gasteiger partial charge is 0.394 e. The van der Waals surface area contributed by atoms with Crippen molar-refractivity contribution in [1.82, 2.24) is 0 Å². The quantitative estimate of drug-likeness (QED) is 0.0954. The molecular weight excluding hydrogens is 904 g/mol. The van der Waals surface area contributed by atoms with Crippen molar-refractivity contribution in [2.24, 2.45) is 34.4 Å². The van der Waals surface area contributed by atoms with Crippen LogP contribution < -0.4 is 34.4 Å². The van der Waals surface area contributed by atoms with E-state index in [9.17, 15) is 35.7 Å². The summed E-state index contributed by atoms with van der Waals surface area (Å²) in [5, 5.41) is 73.0. The maximum Gasteiger partial charge on any atom is 0.394 e. The normalized spacial score (nSPS) is 40.5. The first kappa shape index (κ1) is 63.0. The van der Waals surface area contributed by atoms with Gasteiger partial charge in [0.15, 0.2) is 18.9 Å². The van der Waals surface area contributed by atoms with Crippen molar-refractivity contribution in [3.8, 4) is 0 Å². The topological polar surface area (TPSA) is 671 Å². The highest BCUT2D eigenvalue weighted by molar-refractivity contribution is 7.80. The molecule has 0 spiro atoms. The van der Waals surface area contributed by atoms with Gasteiger partial charge < -0.3 is 115 Å². The summed E-state index contributed by atoms with van der Waals surface area (Å²) < 4.78 is 129. The number of hydrogen-bond donors (Lipinski definition) is 19. The van der Waals surface area contributed by atoms with Crippen LogP contribution in [0.5, 0.6) is 0 Å². The Bertz CT molecular complexity index is 1440. The molecule has 366 valence electrons. The lowest BCUT2D eigenvalue weighted by Crippen LogP contribution is -2.68. The van der Waals surface area contributed by atoms with Crippen LogP contribution in [-0.2, 0) is 59.6 Å². The average Bonchev–Trinajstić information content (AvgIpc) is 3.36. The Morgan fingerprint density at radius 2 is 0.783 bits per heavy atom. The molecule has 3 aliphatic heterocycles. The first-order chi connectivity index (χ1) is 25.8. The molecule has 31 N–H and O–H groups in total. The van der Waals surface area contributed by atoms with E-state index in [2.05, 4.69) is 0 Å². The Labute approximate surface area is 340 Å². The number of aliphatic hydroxyl groups excluding tert-OH is 7. The average molecular weight is 963 g/mol. The van der Waals surface area contributed by atoms with Gasteiger partial charge in [-0.1, -0.05) is 0 Å². The lowest BCUT2D eigenvalue weighted by Gasteiger charge is -2.47. The Morgan fingerprint density at radius 3 is 1.12 bits per heavy atom. The molecular formula is C23H58N6O28S3. The van der Waals surface area contributed by atoms with Crippen molar-refractivity contribution in [2.75, 3.05) is 19.7 Å². The second-order valence-corrected chi connectivity index (χ2v) is 15.3. The predicted octanol–water partition coefficient (Wildman–Crippen LogP) is -13.3. The van der Waals surface area contributed by atoms with E-state index in [4.69, 9.17) is 115 Å². The molecule has 0 aromatic carbocycles. The van der Waals surface area contributed by atoms with Crippen LogP contribution in [0.15, 0.2) is 0 Å². The molecule has 0 radical (unpaired) electrons. The summed E-state index contributed by atoms with van der Waals surface area (Å²) in [6.07, 6.45) is -19.8. The number of hydrogen-bond acceptors (Lipinski definition) is 25. The van der Waals surface area contributed by atoms with E-state index < -0.39 is 154 Å². The van der Waals surface area contributed by atoms with Crippen LogP contribution in [0.25, 0.3) is 0 Å². The first-order valence-electron chi connectivity index (χ1n) is 16.0. The molecule has 4 aliphatic rings. The van der Waals surface area contributed by atoms with E-state index in [-0.39, 0.29) is 35.9 Å². The second-order valence-electron chi connectivity index (χ2n) is 12.6. The third-order valence-electron chi connectivity index (χ3n) is 8.37. The van der Waals surface area contributed by atoms with Crippen molar-refractivity contribution in [1.29, 1.82) is 0 Å². The molecule has 1 saturated carbocycles. The van der Waals surface area contributed by atoms with Gasteiger partial charge in [0.05, 0.1) is 24.8 Å². The van der Waals surface area contributed by atoms with Crippen LogP contribution in [0.1, 0.15) is 6.42 Å². The van der Waals surface area contributed by atoms with Gasteiger partial charge in [-0.15, -0.1) is 0 Å². The molecule has 34 nitrogen and oxygen atoms in total. The van der Waals surface area contributed by atoms with Crippen LogP contribution in [-0.4, -0.2) is 241 Å². The van der Waals surface area contributed by atoms with E-state index >= 15 is 0 Å². The molecule has 3 heterocycles. The molecule has 5 unspecified atom stereocenters. The fourth-order valence-electron chi connectivity index (χ4n) is 5.74. The maximum atomic E-state index is 11.1. The third kappa shape index (κ3) is 20.5. The van der Waals surface area contributed by atoms with Gasteiger partial charge in [0.1, 0.15) is 67.1 Å². The number of nitrogens with two attached hydrogens (primary N) is 6. The van der Waals surface area contributed by atoms with E-state index in [1.54, 1.807) is 0 Å². The fraction of sp³-hybridized carbons (Fsp3) is 1.00. The van der Waals surface area contributed by atoms with Crippen LogP contribution >= 0.6 is 0 Å². The summed E-state index contributed by atoms with van der Waals surface area (Å²) in [5.74, 6) is 0. The monoisotopic (exact) mass is 962 g/mol. The van der Waals surface area contributed by atoms with Crippen LogP contribution in [0.2, 0.25) is 0 Å². The minimum absolute atomic E-state index is 0. The highest BCUT2D eigenvalue weighted by Crippen LogP contribution is 2.34. The van der Waals surface area contributed by atoms with E-state index in [1.165, 1.54) is 0 Å². The third-order valence-corrected chi connectivity index (χ3v) is 8.37.